The molecule has 0 amide bonds. The van der Waals surface area contributed by atoms with E-state index in [-0.39, 0.29) is 11.4 Å². The van der Waals surface area contributed by atoms with Crippen molar-refractivity contribution in [3.63, 3.8) is 0 Å². The number of sulfonamides is 1. The molecule has 0 spiro atoms. The predicted octanol–water partition coefficient (Wildman–Crippen LogP) is 2.79. The molecule has 0 aromatic heterocycles. The van der Waals surface area contributed by atoms with Crippen molar-refractivity contribution in [3.05, 3.63) is 59.2 Å². The molecule has 0 saturated heterocycles. The Morgan fingerprint density at radius 3 is 2.33 bits per heavy atom. The summed E-state index contributed by atoms with van der Waals surface area (Å²) in [4.78, 5) is 0.271. The third-order valence-electron chi connectivity index (χ3n) is 3.36. The molecule has 0 aliphatic carbocycles. The van der Waals surface area contributed by atoms with Crippen molar-refractivity contribution in [1.29, 1.82) is 0 Å². The number of rotatable bonds is 5. The molecule has 0 heterocycles. The van der Waals surface area contributed by atoms with E-state index < -0.39 is 10.0 Å². The molecule has 2 aromatic rings. The lowest BCUT2D eigenvalue weighted by Crippen LogP contribution is -2.23. The van der Waals surface area contributed by atoms with Gasteiger partial charge in [-0.25, -0.2) is 13.1 Å². The van der Waals surface area contributed by atoms with Crippen molar-refractivity contribution >= 4 is 10.0 Å². The highest BCUT2D eigenvalue weighted by atomic mass is 32.2. The van der Waals surface area contributed by atoms with Crippen LogP contribution in [0.25, 0.3) is 0 Å². The van der Waals surface area contributed by atoms with Gasteiger partial charge in [0.1, 0.15) is 5.75 Å². The summed E-state index contributed by atoms with van der Waals surface area (Å²) in [5, 5.41) is 0. The number of benzene rings is 2. The van der Waals surface area contributed by atoms with Crippen LogP contribution in [0.2, 0.25) is 0 Å². The first-order valence-corrected chi connectivity index (χ1v) is 8.11. The molecule has 5 heteroatoms. The van der Waals surface area contributed by atoms with Gasteiger partial charge in [0.05, 0.1) is 12.0 Å². The minimum atomic E-state index is -3.49. The average molecular weight is 305 g/mol. The SMILES string of the molecule is COc1cc(C)c(CNS(=O)(=O)c2ccccc2)cc1C. The van der Waals surface area contributed by atoms with Gasteiger partial charge in [-0.2, -0.15) is 0 Å². The van der Waals surface area contributed by atoms with Crippen molar-refractivity contribution in [2.45, 2.75) is 25.3 Å². The quantitative estimate of drug-likeness (QED) is 0.924. The smallest absolute Gasteiger partial charge is 0.240 e. The molecular weight excluding hydrogens is 286 g/mol. The van der Waals surface area contributed by atoms with E-state index in [1.54, 1.807) is 37.4 Å². The number of aryl methyl sites for hydroxylation is 2. The van der Waals surface area contributed by atoms with Crippen molar-refractivity contribution in [2.75, 3.05) is 7.11 Å². The highest BCUT2D eigenvalue weighted by Crippen LogP contribution is 2.22. The summed E-state index contributed by atoms with van der Waals surface area (Å²) in [5.74, 6) is 0.808. The molecule has 21 heavy (non-hydrogen) atoms. The minimum absolute atomic E-state index is 0.258. The molecule has 2 rings (SSSR count). The summed E-state index contributed by atoms with van der Waals surface area (Å²) >= 11 is 0. The third kappa shape index (κ3) is 3.62. The van der Waals surface area contributed by atoms with Gasteiger partial charge in [-0.15, -0.1) is 0 Å². The monoisotopic (exact) mass is 305 g/mol. The van der Waals surface area contributed by atoms with Gasteiger partial charge in [-0.05, 0) is 48.7 Å². The maximum atomic E-state index is 12.2. The molecule has 4 nitrogen and oxygen atoms in total. The van der Waals surface area contributed by atoms with Crippen LogP contribution in [0.5, 0.6) is 5.75 Å². The molecule has 112 valence electrons. The van der Waals surface area contributed by atoms with Crippen molar-refractivity contribution in [2.24, 2.45) is 0 Å². The summed E-state index contributed by atoms with van der Waals surface area (Å²) in [5.41, 5.74) is 2.91. The van der Waals surface area contributed by atoms with Crippen LogP contribution in [-0.2, 0) is 16.6 Å². The van der Waals surface area contributed by atoms with E-state index >= 15 is 0 Å². The summed E-state index contributed by atoms with van der Waals surface area (Å²) < 4.78 is 32.3. The Morgan fingerprint density at radius 2 is 1.71 bits per heavy atom. The maximum Gasteiger partial charge on any atom is 0.240 e. The second kappa shape index (κ2) is 6.28. The van der Waals surface area contributed by atoms with Gasteiger partial charge in [-0.1, -0.05) is 24.3 Å². The molecule has 0 bridgehead atoms. The highest BCUT2D eigenvalue weighted by molar-refractivity contribution is 7.89. The van der Waals surface area contributed by atoms with Crippen LogP contribution in [0.3, 0.4) is 0 Å². The number of ether oxygens (including phenoxy) is 1. The first kappa shape index (κ1) is 15.5. The van der Waals surface area contributed by atoms with Gasteiger partial charge in [0.25, 0.3) is 0 Å². The van der Waals surface area contributed by atoms with Gasteiger partial charge < -0.3 is 4.74 Å². The Hall–Kier alpha value is -1.85. The first-order chi connectivity index (χ1) is 9.94. The first-order valence-electron chi connectivity index (χ1n) is 6.63. The van der Waals surface area contributed by atoms with Gasteiger partial charge in [0.2, 0.25) is 10.0 Å². The Morgan fingerprint density at radius 1 is 1.05 bits per heavy atom. The number of methoxy groups -OCH3 is 1. The zero-order chi connectivity index (χ0) is 15.5. The van der Waals surface area contributed by atoms with E-state index in [2.05, 4.69) is 4.72 Å². The highest BCUT2D eigenvalue weighted by Gasteiger charge is 2.14. The van der Waals surface area contributed by atoms with E-state index in [4.69, 9.17) is 4.74 Å². The number of hydrogen-bond acceptors (Lipinski definition) is 3. The fraction of sp³-hybridized carbons (Fsp3) is 0.250. The molecule has 0 fully saturated rings. The van der Waals surface area contributed by atoms with Crippen LogP contribution in [0.1, 0.15) is 16.7 Å². The van der Waals surface area contributed by atoms with Crippen LogP contribution in [0.15, 0.2) is 47.4 Å². The van der Waals surface area contributed by atoms with Gasteiger partial charge in [-0.3, -0.25) is 0 Å². The van der Waals surface area contributed by atoms with E-state index in [1.807, 2.05) is 26.0 Å². The van der Waals surface area contributed by atoms with E-state index in [0.717, 1.165) is 22.4 Å². The van der Waals surface area contributed by atoms with Crippen LogP contribution >= 0.6 is 0 Å². The Kier molecular flexibility index (Phi) is 4.65. The standard InChI is InChI=1S/C16H19NO3S/c1-12-10-16(20-3)13(2)9-14(12)11-17-21(18,19)15-7-5-4-6-8-15/h4-10,17H,11H2,1-3H3. The Balaban J connectivity index is 2.19. The van der Waals surface area contributed by atoms with E-state index in [1.165, 1.54) is 0 Å². The topological polar surface area (TPSA) is 55.4 Å². The summed E-state index contributed by atoms with van der Waals surface area (Å²) in [6, 6.07) is 12.2. The van der Waals surface area contributed by atoms with Crippen LogP contribution in [-0.4, -0.2) is 15.5 Å². The zero-order valence-corrected chi connectivity index (χ0v) is 13.2. The third-order valence-corrected chi connectivity index (χ3v) is 4.78. The van der Waals surface area contributed by atoms with Crippen molar-refractivity contribution < 1.29 is 13.2 Å². The van der Waals surface area contributed by atoms with E-state index in [0.29, 0.717) is 0 Å². The molecule has 0 radical (unpaired) electrons. The van der Waals surface area contributed by atoms with Crippen LogP contribution in [0.4, 0.5) is 0 Å². The fourth-order valence-corrected chi connectivity index (χ4v) is 3.14. The second-order valence-corrected chi connectivity index (χ2v) is 6.65. The van der Waals surface area contributed by atoms with E-state index in [9.17, 15) is 8.42 Å². The molecule has 2 aromatic carbocycles. The molecular formula is C16H19NO3S. The predicted molar refractivity (Wildman–Crippen MR) is 82.9 cm³/mol. The molecule has 1 N–H and O–H groups in total. The number of nitrogens with one attached hydrogen (secondary N) is 1. The molecule has 0 aliphatic rings. The largest absolute Gasteiger partial charge is 0.496 e. The normalized spacial score (nSPS) is 11.4. The Bertz CT molecular complexity index is 725. The van der Waals surface area contributed by atoms with Crippen molar-refractivity contribution in [1.82, 2.24) is 4.72 Å². The maximum absolute atomic E-state index is 12.2. The van der Waals surface area contributed by atoms with Crippen LogP contribution < -0.4 is 9.46 Å². The zero-order valence-electron chi connectivity index (χ0n) is 12.4. The molecule has 0 unspecified atom stereocenters. The lowest BCUT2D eigenvalue weighted by Gasteiger charge is -2.12. The molecule has 0 saturated carbocycles. The lowest BCUT2D eigenvalue weighted by atomic mass is 10.0. The number of hydrogen-bond donors (Lipinski definition) is 1. The molecule has 0 atom stereocenters. The van der Waals surface area contributed by atoms with Gasteiger partial charge in [0.15, 0.2) is 0 Å². The second-order valence-electron chi connectivity index (χ2n) is 4.89. The summed E-state index contributed by atoms with van der Waals surface area (Å²) in [6.45, 7) is 4.13. The summed E-state index contributed by atoms with van der Waals surface area (Å²) in [6.07, 6.45) is 0. The average Bonchev–Trinajstić information content (AvgIpc) is 2.48. The minimum Gasteiger partial charge on any atom is -0.496 e. The fourth-order valence-electron chi connectivity index (χ4n) is 2.12. The Labute approximate surface area is 125 Å². The molecule has 0 aliphatic heterocycles. The van der Waals surface area contributed by atoms with Gasteiger partial charge >= 0.3 is 0 Å². The van der Waals surface area contributed by atoms with Crippen LogP contribution in [0, 0.1) is 13.8 Å². The van der Waals surface area contributed by atoms with Crippen molar-refractivity contribution in [3.8, 4) is 5.75 Å². The lowest BCUT2D eigenvalue weighted by molar-refractivity contribution is 0.411. The summed E-state index contributed by atoms with van der Waals surface area (Å²) in [7, 11) is -1.86. The van der Waals surface area contributed by atoms with Gasteiger partial charge in [0, 0.05) is 6.54 Å².